The Morgan fingerprint density at radius 1 is 1.39 bits per heavy atom. The molecule has 1 unspecified atom stereocenters. The maximum Gasteiger partial charge on any atom is 0.325 e. The molecule has 1 aliphatic rings. The first kappa shape index (κ1) is 17.0. The van der Waals surface area contributed by atoms with Gasteiger partial charge in [0.15, 0.2) is 0 Å². The van der Waals surface area contributed by atoms with Gasteiger partial charge in [-0.1, -0.05) is 30.3 Å². The van der Waals surface area contributed by atoms with Crippen molar-refractivity contribution in [3.8, 4) is 0 Å². The third-order valence-electron chi connectivity index (χ3n) is 3.76. The Balaban J connectivity index is 2.19. The molecular weight excluding hydrogens is 300 g/mol. The molecule has 0 aliphatic carbocycles. The quantitative estimate of drug-likeness (QED) is 0.818. The maximum absolute atomic E-state index is 12.4. The topological polar surface area (TPSA) is 95.9 Å². The summed E-state index contributed by atoms with van der Waals surface area (Å²) >= 11 is 0. The van der Waals surface area contributed by atoms with Crippen molar-refractivity contribution < 1.29 is 24.2 Å². The Hall–Kier alpha value is -2.41. The van der Waals surface area contributed by atoms with Crippen molar-refractivity contribution >= 4 is 17.8 Å². The molecule has 1 fully saturated rings. The standard InChI is InChI=1S/C16H20N2O5/c1-10(16(21)22)17-15(20)14-11(2)23-9-13(19)18(14)8-12-6-4-3-5-7-12/h3-7,10-11,14H,8-9H2,1-2H3,(H,17,20)(H,21,22)/t10?,11-,14+/m1/s1. The largest absolute Gasteiger partial charge is 0.480 e. The number of benzene rings is 1. The summed E-state index contributed by atoms with van der Waals surface area (Å²) in [7, 11) is 0. The Morgan fingerprint density at radius 2 is 2.04 bits per heavy atom. The number of carboxylic acids is 1. The first-order valence-electron chi connectivity index (χ1n) is 7.38. The molecular formula is C16H20N2O5. The number of rotatable bonds is 5. The Bertz CT molecular complexity index is 589. The molecule has 2 amide bonds. The average molecular weight is 320 g/mol. The summed E-state index contributed by atoms with van der Waals surface area (Å²) in [5.74, 6) is -1.96. The molecule has 1 aliphatic heterocycles. The van der Waals surface area contributed by atoms with Gasteiger partial charge in [0.05, 0.1) is 6.10 Å². The van der Waals surface area contributed by atoms with Crippen LogP contribution < -0.4 is 5.32 Å². The number of hydrogen-bond donors (Lipinski definition) is 2. The van der Waals surface area contributed by atoms with E-state index in [1.165, 1.54) is 11.8 Å². The van der Waals surface area contributed by atoms with Gasteiger partial charge in [-0.3, -0.25) is 14.4 Å². The fourth-order valence-corrected chi connectivity index (χ4v) is 2.47. The van der Waals surface area contributed by atoms with Gasteiger partial charge in [-0.05, 0) is 19.4 Å². The summed E-state index contributed by atoms with van der Waals surface area (Å²) in [4.78, 5) is 37.0. The molecule has 7 heteroatoms. The van der Waals surface area contributed by atoms with Gasteiger partial charge in [0.1, 0.15) is 18.7 Å². The Labute approximate surface area is 134 Å². The Kier molecular flexibility index (Phi) is 5.33. The molecule has 1 aromatic carbocycles. The van der Waals surface area contributed by atoms with Gasteiger partial charge in [-0.2, -0.15) is 0 Å². The number of aliphatic carboxylic acids is 1. The van der Waals surface area contributed by atoms with E-state index in [1.54, 1.807) is 6.92 Å². The Morgan fingerprint density at radius 3 is 2.65 bits per heavy atom. The van der Waals surface area contributed by atoms with E-state index in [2.05, 4.69) is 5.32 Å². The monoisotopic (exact) mass is 320 g/mol. The van der Waals surface area contributed by atoms with Gasteiger partial charge in [-0.15, -0.1) is 0 Å². The minimum Gasteiger partial charge on any atom is -0.480 e. The second-order valence-corrected chi connectivity index (χ2v) is 5.54. The summed E-state index contributed by atoms with van der Waals surface area (Å²) in [5, 5.41) is 11.3. The van der Waals surface area contributed by atoms with E-state index >= 15 is 0 Å². The predicted octanol–water partition coefficient (Wildman–Crippen LogP) is 0.392. The zero-order valence-corrected chi connectivity index (χ0v) is 13.1. The van der Waals surface area contributed by atoms with E-state index in [-0.39, 0.29) is 19.1 Å². The van der Waals surface area contributed by atoms with Crippen LogP contribution in [0, 0.1) is 0 Å². The summed E-state index contributed by atoms with van der Waals surface area (Å²) in [6, 6.07) is 7.40. The molecule has 7 nitrogen and oxygen atoms in total. The second kappa shape index (κ2) is 7.23. The lowest BCUT2D eigenvalue weighted by molar-refractivity contribution is -0.164. The van der Waals surface area contributed by atoms with Gasteiger partial charge in [-0.25, -0.2) is 0 Å². The van der Waals surface area contributed by atoms with Crippen LogP contribution in [-0.2, 0) is 25.7 Å². The number of ether oxygens (including phenoxy) is 1. The van der Waals surface area contributed by atoms with Crippen molar-refractivity contribution in [2.45, 2.75) is 38.6 Å². The highest BCUT2D eigenvalue weighted by Crippen LogP contribution is 2.19. The van der Waals surface area contributed by atoms with Crippen molar-refractivity contribution in [1.29, 1.82) is 0 Å². The van der Waals surface area contributed by atoms with Crippen molar-refractivity contribution in [2.75, 3.05) is 6.61 Å². The number of hydrogen-bond acceptors (Lipinski definition) is 4. The molecule has 0 saturated carbocycles. The normalized spacial score (nSPS) is 22.5. The first-order valence-corrected chi connectivity index (χ1v) is 7.38. The molecule has 124 valence electrons. The first-order chi connectivity index (χ1) is 10.9. The molecule has 2 N–H and O–H groups in total. The van der Waals surface area contributed by atoms with Crippen LogP contribution in [-0.4, -0.2) is 52.6 Å². The number of nitrogens with zero attached hydrogens (tertiary/aromatic N) is 1. The summed E-state index contributed by atoms with van der Waals surface area (Å²) in [6.07, 6.45) is -0.516. The van der Waals surface area contributed by atoms with Crippen LogP contribution in [0.2, 0.25) is 0 Å². The lowest BCUT2D eigenvalue weighted by Gasteiger charge is -2.38. The lowest BCUT2D eigenvalue weighted by atomic mass is 10.1. The zero-order valence-electron chi connectivity index (χ0n) is 13.1. The smallest absolute Gasteiger partial charge is 0.325 e. The highest BCUT2D eigenvalue weighted by atomic mass is 16.5. The van der Waals surface area contributed by atoms with Crippen LogP contribution in [0.3, 0.4) is 0 Å². The van der Waals surface area contributed by atoms with E-state index in [9.17, 15) is 14.4 Å². The van der Waals surface area contributed by atoms with Gasteiger partial charge in [0.25, 0.3) is 0 Å². The van der Waals surface area contributed by atoms with E-state index < -0.39 is 30.1 Å². The van der Waals surface area contributed by atoms with Crippen LogP contribution in [0.1, 0.15) is 19.4 Å². The van der Waals surface area contributed by atoms with Gasteiger partial charge in [0, 0.05) is 6.54 Å². The number of morpholine rings is 1. The van der Waals surface area contributed by atoms with E-state index in [0.717, 1.165) is 5.56 Å². The van der Waals surface area contributed by atoms with Crippen LogP contribution in [0.4, 0.5) is 0 Å². The van der Waals surface area contributed by atoms with E-state index in [1.807, 2.05) is 30.3 Å². The van der Waals surface area contributed by atoms with Crippen molar-refractivity contribution in [3.05, 3.63) is 35.9 Å². The van der Waals surface area contributed by atoms with Gasteiger partial charge >= 0.3 is 5.97 Å². The number of carboxylic acid groups (broad SMARTS) is 1. The number of nitrogens with one attached hydrogen (secondary N) is 1. The molecule has 1 heterocycles. The van der Waals surface area contributed by atoms with Crippen molar-refractivity contribution in [2.24, 2.45) is 0 Å². The molecule has 1 saturated heterocycles. The fourth-order valence-electron chi connectivity index (χ4n) is 2.47. The highest BCUT2D eigenvalue weighted by molar-refractivity contribution is 5.91. The SMILES string of the molecule is CC(NC(=O)[C@@H]1[C@@H](C)OCC(=O)N1Cc1ccccc1)C(=O)O. The fraction of sp³-hybridized carbons (Fsp3) is 0.438. The molecule has 23 heavy (non-hydrogen) atoms. The highest BCUT2D eigenvalue weighted by Gasteiger charge is 2.39. The average Bonchev–Trinajstić information content (AvgIpc) is 2.51. The molecule has 0 aromatic heterocycles. The van der Waals surface area contributed by atoms with E-state index in [4.69, 9.17) is 9.84 Å². The van der Waals surface area contributed by atoms with Gasteiger partial charge < -0.3 is 20.1 Å². The minimum absolute atomic E-state index is 0.0910. The molecule has 3 atom stereocenters. The third-order valence-corrected chi connectivity index (χ3v) is 3.76. The number of carbonyl (C=O) groups is 3. The second-order valence-electron chi connectivity index (χ2n) is 5.54. The molecule has 0 spiro atoms. The molecule has 1 aromatic rings. The molecule has 0 bridgehead atoms. The summed E-state index contributed by atoms with van der Waals surface area (Å²) in [5.41, 5.74) is 0.888. The van der Waals surface area contributed by atoms with Crippen LogP contribution >= 0.6 is 0 Å². The number of carbonyl (C=O) groups excluding carboxylic acids is 2. The predicted molar refractivity (Wildman–Crippen MR) is 81.4 cm³/mol. The number of amides is 2. The minimum atomic E-state index is -1.14. The summed E-state index contributed by atoms with van der Waals surface area (Å²) < 4.78 is 5.33. The molecule has 2 rings (SSSR count). The van der Waals surface area contributed by atoms with Crippen molar-refractivity contribution in [3.63, 3.8) is 0 Å². The third kappa shape index (κ3) is 4.07. The summed E-state index contributed by atoms with van der Waals surface area (Å²) in [6.45, 7) is 3.25. The van der Waals surface area contributed by atoms with Gasteiger partial charge in [0.2, 0.25) is 11.8 Å². The van der Waals surface area contributed by atoms with Crippen LogP contribution in [0.15, 0.2) is 30.3 Å². The van der Waals surface area contributed by atoms with E-state index in [0.29, 0.717) is 0 Å². The van der Waals surface area contributed by atoms with Crippen molar-refractivity contribution in [1.82, 2.24) is 10.2 Å². The van der Waals surface area contributed by atoms with Crippen LogP contribution in [0.5, 0.6) is 0 Å². The lowest BCUT2D eigenvalue weighted by Crippen LogP contribution is -2.60. The maximum atomic E-state index is 12.4. The van der Waals surface area contributed by atoms with Crippen LogP contribution in [0.25, 0.3) is 0 Å². The zero-order chi connectivity index (χ0) is 17.0. The molecule has 0 radical (unpaired) electrons.